The molecular weight excluding hydrogens is 308 g/mol. The Balaban J connectivity index is 2.81. The van der Waals surface area contributed by atoms with Crippen LogP contribution in [0.15, 0.2) is 18.2 Å². The molecule has 0 unspecified atom stereocenters. The van der Waals surface area contributed by atoms with E-state index in [1.165, 1.54) is 13.2 Å². The van der Waals surface area contributed by atoms with Crippen LogP contribution in [0.1, 0.15) is 32.8 Å². The van der Waals surface area contributed by atoms with Gasteiger partial charge in [0, 0.05) is 6.04 Å². The van der Waals surface area contributed by atoms with Gasteiger partial charge >= 0.3 is 12.1 Å². The maximum absolute atomic E-state index is 13.3. The van der Waals surface area contributed by atoms with E-state index < -0.39 is 35.3 Å². The summed E-state index contributed by atoms with van der Waals surface area (Å²) in [6.45, 7) is 5.12. The first kappa shape index (κ1) is 18.9. The van der Waals surface area contributed by atoms with Crippen LogP contribution in [0, 0.1) is 11.6 Å². The van der Waals surface area contributed by atoms with Gasteiger partial charge in [0.25, 0.3) is 0 Å². The molecule has 0 heterocycles. The van der Waals surface area contributed by atoms with E-state index in [0.29, 0.717) is 5.56 Å². The van der Waals surface area contributed by atoms with Crippen molar-refractivity contribution in [3.05, 3.63) is 35.4 Å². The number of alkyl carbamates (subject to hydrolysis) is 1. The molecule has 0 fully saturated rings. The third kappa shape index (κ3) is 7.08. The highest BCUT2D eigenvalue weighted by Gasteiger charge is 2.22. The van der Waals surface area contributed by atoms with Crippen molar-refractivity contribution >= 4 is 12.1 Å². The summed E-state index contributed by atoms with van der Waals surface area (Å²) in [5.74, 6) is -2.48. The molecular formula is C16H21F2NO4. The van der Waals surface area contributed by atoms with Crippen LogP contribution in [0.3, 0.4) is 0 Å². The summed E-state index contributed by atoms with van der Waals surface area (Å²) in [5, 5.41) is 2.54. The Morgan fingerprint density at radius 1 is 1.22 bits per heavy atom. The normalized spacial score (nSPS) is 12.4. The molecule has 1 aromatic carbocycles. The molecule has 128 valence electrons. The number of hydrogen-bond acceptors (Lipinski definition) is 4. The summed E-state index contributed by atoms with van der Waals surface area (Å²) in [6.07, 6.45) is -0.686. The van der Waals surface area contributed by atoms with Gasteiger partial charge in [0.15, 0.2) is 11.6 Å². The number of rotatable bonds is 5. The van der Waals surface area contributed by atoms with Crippen molar-refractivity contribution < 1.29 is 27.8 Å². The minimum atomic E-state index is -0.989. The van der Waals surface area contributed by atoms with Crippen LogP contribution in [0.2, 0.25) is 0 Å². The summed E-state index contributed by atoms with van der Waals surface area (Å²) in [4.78, 5) is 23.3. The van der Waals surface area contributed by atoms with Crippen molar-refractivity contribution in [3.8, 4) is 0 Å². The van der Waals surface area contributed by atoms with Gasteiger partial charge in [-0.2, -0.15) is 0 Å². The largest absolute Gasteiger partial charge is 0.469 e. The fourth-order valence-corrected chi connectivity index (χ4v) is 1.88. The van der Waals surface area contributed by atoms with Crippen molar-refractivity contribution in [1.82, 2.24) is 5.32 Å². The van der Waals surface area contributed by atoms with Crippen LogP contribution in [-0.2, 0) is 20.7 Å². The molecule has 23 heavy (non-hydrogen) atoms. The number of amides is 1. The number of ether oxygens (including phenoxy) is 2. The minimum absolute atomic E-state index is 0.116. The summed E-state index contributed by atoms with van der Waals surface area (Å²) in [5.41, 5.74) is -0.254. The number of carbonyl (C=O) groups excluding carboxylic acids is 2. The van der Waals surface area contributed by atoms with Crippen molar-refractivity contribution in [3.63, 3.8) is 0 Å². The Bertz CT molecular complexity index is 570. The van der Waals surface area contributed by atoms with Crippen LogP contribution in [0.5, 0.6) is 0 Å². The first-order valence-electron chi connectivity index (χ1n) is 7.11. The van der Waals surface area contributed by atoms with Gasteiger partial charge in [0.1, 0.15) is 5.60 Å². The van der Waals surface area contributed by atoms with Crippen LogP contribution in [-0.4, -0.2) is 30.8 Å². The monoisotopic (exact) mass is 329 g/mol. The van der Waals surface area contributed by atoms with Crippen molar-refractivity contribution in [2.24, 2.45) is 0 Å². The zero-order chi connectivity index (χ0) is 17.6. The molecule has 0 saturated heterocycles. The molecule has 1 amide bonds. The van der Waals surface area contributed by atoms with Gasteiger partial charge in [-0.05, 0) is 44.9 Å². The molecule has 1 atom stereocenters. The van der Waals surface area contributed by atoms with E-state index >= 15 is 0 Å². The summed E-state index contributed by atoms with van der Waals surface area (Å²) in [6, 6.07) is 2.74. The minimum Gasteiger partial charge on any atom is -0.469 e. The van der Waals surface area contributed by atoms with Crippen molar-refractivity contribution in [2.45, 2.75) is 45.3 Å². The number of benzene rings is 1. The Kier molecular flexibility index (Phi) is 6.48. The molecule has 1 aromatic rings. The van der Waals surface area contributed by atoms with Crippen LogP contribution < -0.4 is 5.32 Å². The van der Waals surface area contributed by atoms with Crippen molar-refractivity contribution in [2.75, 3.05) is 7.11 Å². The van der Waals surface area contributed by atoms with Crippen LogP contribution in [0.25, 0.3) is 0 Å². The van der Waals surface area contributed by atoms with E-state index in [-0.39, 0.29) is 12.8 Å². The smallest absolute Gasteiger partial charge is 0.407 e. The highest BCUT2D eigenvalue weighted by molar-refractivity contribution is 5.72. The molecule has 7 heteroatoms. The molecule has 0 bridgehead atoms. The summed E-state index contributed by atoms with van der Waals surface area (Å²) >= 11 is 0. The first-order valence-corrected chi connectivity index (χ1v) is 7.11. The predicted molar refractivity (Wildman–Crippen MR) is 79.9 cm³/mol. The second-order valence-corrected chi connectivity index (χ2v) is 6.08. The highest BCUT2D eigenvalue weighted by atomic mass is 19.2. The zero-order valence-corrected chi connectivity index (χ0v) is 13.6. The van der Waals surface area contributed by atoms with Crippen LogP contribution >= 0.6 is 0 Å². The Hall–Kier alpha value is -2.18. The molecule has 1 N–H and O–H groups in total. The number of methoxy groups -OCH3 is 1. The fraction of sp³-hybridized carbons (Fsp3) is 0.500. The van der Waals surface area contributed by atoms with E-state index in [1.54, 1.807) is 20.8 Å². The summed E-state index contributed by atoms with van der Waals surface area (Å²) < 4.78 is 35.9. The Morgan fingerprint density at radius 2 is 1.87 bits per heavy atom. The average Bonchev–Trinajstić information content (AvgIpc) is 2.40. The number of hydrogen-bond donors (Lipinski definition) is 1. The quantitative estimate of drug-likeness (QED) is 0.844. The van der Waals surface area contributed by atoms with Gasteiger partial charge in [-0.25, -0.2) is 13.6 Å². The maximum atomic E-state index is 13.3. The maximum Gasteiger partial charge on any atom is 0.407 e. The van der Waals surface area contributed by atoms with Crippen molar-refractivity contribution in [1.29, 1.82) is 0 Å². The molecule has 0 saturated carbocycles. The molecule has 0 radical (unpaired) electrons. The predicted octanol–water partition coefficient (Wildman–Crippen LogP) is 2.96. The zero-order valence-electron chi connectivity index (χ0n) is 13.6. The van der Waals surface area contributed by atoms with Crippen LogP contribution in [0.4, 0.5) is 13.6 Å². The highest BCUT2D eigenvalue weighted by Crippen LogP contribution is 2.13. The van der Waals surface area contributed by atoms with E-state index in [1.807, 2.05) is 0 Å². The van der Waals surface area contributed by atoms with Gasteiger partial charge < -0.3 is 14.8 Å². The lowest BCUT2D eigenvalue weighted by atomic mass is 10.0. The lowest BCUT2D eigenvalue weighted by Crippen LogP contribution is -2.41. The molecule has 5 nitrogen and oxygen atoms in total. The SMILES string of the molecule is COC(=O)C[C@@H](Cc1ccc(F)c(F)c1)NC(=O)OC(C)(C)C. The van der Waals surface area contributed by atoms with Gasteiger partial charge in [-0.15, -0.1) is 0 Å². The molecule has 1 rings (SSSR count). The summed E-state index contributed by atoms with van der Waals surface area (Å²) in [7, 11) is 1.23. The lowest BCUT2D eigenvalue weighted by molar-refractivity contribution is -0.141. The number of carbonyl (C=O) groups is 2. The van der Waals surface area contributed by atoms with Gasteiger partial charge in [-0.3, -0.25) is 4.79 Å². The molecule has 0 spiro atoms. The second kappa shape index (κ2) is 7.89. The molecule has 0 aromatic heterocycles. The molecule has 0 aliphatic rings. The molecule has 0 aliphatic carbocycles. The number of halogens is 2. The Labute approximate surface area is 134 Å². The van der Waals surface area contributed by atoms with Gasteiger partial charge in [0.2, 0.25) is 0 Å². The lowest BCUT2D eigenvalue weighted by Gasteiger charge is -2.23. The third-order valence-electron chi connectivity index (χ3n) is 2.83. The Morgan fingerprint density at radius 3 is 2.39 bits per heavy atom. The van der Waals surface area contributed by atoms with Gasteiger partial charge in [-0.1, -0.05) is 6.07 Å². The molecule has 0 aliphatic heterocycles. The second-order valence-electron chi connectivity index (χ2n) is 6.08. The van der Waals surface area contributed by atoms with E-state index in [0.717, 1.165) is 12.1 Å². The fourth-order valence-electron chi connectivity index (χ4n) is 1.88. The van der Waals surface area contributed by atoms with E-state index in [2.05, 4.69) is 10.1 Å². The average molecular weight is 329 g/mol. The first-order chi connectivity index (χ1) is 10.6. The van der Waals surface area contributed by atoms with E-state index in [9.17, 15) is 18.4 Å². The van der Waals surface area contributed by atoms with Gasteiger partial charge in [0.05, 0.1) is 13.5 Å². The number of esters is 1. The third-order valence-corrected chi connectivity index (χ3v) is 2.83. The standard InChI is InChI=1S/C16H21F2NO4/c1-16(2,3)23-15(21)19-11(9-14(20)22-4)7-10-5-6-12(17)13(18)8-10/h5-6,8,11H,7,9H2,1-4H3,(H,19,21)/t11-/m1/s1. The number of nitrogens with one attached hydrogen (secondary N) is 1. The van der Waals surface area contributed by atoms with E-state index in [4.69, 9.17) is 4.74 Å². The topological polar surface area (TPSA) is 64.6 Å².